The number of aromatic nitrogens is 2. The summed E-state index contributed by atoms with van der Waals surface area (Å²) in [5.41, 5.74) is 2.55. The topological polar surface area (TPSA) is 554 Å². The molecule has 0 radical (unpaired) electrons. The Labute approximate surface area is 719 Å². The van der Waals surface area contributed by atoms with Crippen LogP contribution in [0.2, 0.25) is 0 Å². The monoisotopic (exact) mass is 1750 g/mol. The van der Waals surface area contributed by atoms with Crippen molar-refractivity contribution in [3.05, 3.63) is 141 Å². The number of amides is 13. The van der Waals surface area contributed by atoms with Gasteiger partial charge in [-0.1, -0.05) is 71.0 Å². The summed E-state index contributed by atoms with van der Waals surface area (Å²) in [5, 5.41) is 51.4. The quantitative estimate of drug-likeness (QED) is 0.0187. The van der Waals surface area contributed by atoms with Crippen molar-refractivity contribution in [1.29, 1.82) is 0 Å². The first-order valence-corrected chi connectivity index (χ1v) is 42.6. The number of sulfonamides is 1. The van der Waals surface area contributed by atoms with E-state index in [-0.39, 0.29) is 182 Å². The number of esters is 2. The Kier molecular flexibility index (Phi) is 35.5. The molecule has 3 aliphatic heterocycles. The van der Waals surface area contributed by atoms with Crippen molar-refractivity contribution in [2.24, 2.45) is 5.92 Å². The van der Waals surface area contributed by atoms with Crippen molar-refractivity contribution in [2.45, 2.75) is 159 Å². The molecule has 125 heavy (non-hydrogen) atoms. The number of urea groups is 3. The lowest BCUT2D eigenvalue weighted by molar-refractivity contribution is -0.191. The summed E-state index contributed by atoms with van der Waals surface area (Å²) >= 11 is 0. The highest BCUT2D eigenvalue weighted by atomic mass is 32.2. The second-order valence-corrected chi connectivity index (χ2v) is 31.5. The van der Waals surface area contributed by atoms with Crippen LogP contribution in [0.5, 0.6) is 0 Å². The van der Waals surface area contributed by atoms with Gasteiger partial charge in [0.15, 0.2) is 0 Å². The maximum atomic E-state index is 14.4. The molecule has 4 aromatic carbocycles. The fourth-order valence-corrected chi connectivity index (χ4v) is 15.2. The lowest BCUT2D eigenvalue weighted by Gasteiger charge is -2.37. The molecule has 6 aromatic rings. The molecule has 13 amide bonds. The highest BCUT2D eigenvalue weighted by Crippen LogP contribution is 2.43. The second-order valence-electron chi connectivity index (χ2n) is 29.8. The zero-order valence-corrected chi connectivity index (χ0v) is 70.7. The van der Waals surface area contributed by atoms with Crippen LogP contribution in [-0.4, -0.2) is 220 Å². The number of carboxylic acid groups (broad SMARTS) is 2. The third-order valence-corrected chi connectivity index (χ3v) is 21.8. The predicted molar refractivity (Wildman–Crippen MR) is 453 cm³/mol. The molecule has 672 valence electrons. The number of anilines is 4. The van der Waals surface area contributed by atoms with E-state index in [2.05, 4.69) is 68.5 Å². The zero-order valence-electron chi connectivity index (χ0n) is 69.9. The smallest absolute Gasteiger partial charge is 0.355 e. The van der Waals surface area contributed by atoms with Gasteiger partial charge in [-0.15, -0.1) is 0 Å². The third kappa shape index (κ3) is 27.4. The molecule has 2 unspecified atom stereocenters. The largest absolute Gasteiger partial charge is 0.481 e. The summed E-state index contributed by atoms with van der Waals surface area (Å²) in [6, 6.07) is 19.4. The summed E-state index contributed by atoms with van der Waals surface area (Å²) in [5.74, 6) is -9.29. The van der Waals surface area contributed by atoms with Gasteiger partial charge < -0.3 is 107 Å². The van der Waals surface area contributed by atoms with Gasteiger partial charge in [-0.3, -0.25) is 52.7 Å². The Bertz CT molecular complexity index is 5130. The van der Waals surface area contributed by atoms with Crippen molar-refractivity contribution in [3.8, 4) is 11.4 Å². The normalized spacial score (nSPS) is 15.0. The molecular weight excluding hydrogens is 1650 g/mol. The number of para-hydroxylation sites is 1. The molecule has 0 aliphatic carbocycles. The first-order chi connectivity index (χ1) is 59.9. The van der Waals surface area contributed by atoms with Gasteiger partial charge in [0, 0.05) is 104 Å². The standard InChI is InChI=1S/C84H106N16O24S/c1-6-30-88-81(115)93-54-16-12-18-56(43-54)125(118,119)98-55-17-11-15-51(42-55)63(45-72(106)107)96-83(117)92-53-26-24-52(25-27-53)91-82(116)89-33-32-86-71(105)47-90-69(103)28-31-85-67(101)22-13-23-68(102)87-34-37-121-39-41-122-40-38-120-36-29-70(104)94-64(46-73(108)109)78(112)99-35-14-21-65(99)76(110)97-74(50(4)5)79(113)124-84(8-3)61-44-66-75-59(48-100(66)77(111)60(61)49-123-80(84)114)57(7-2)58-19-9-10-20-62(58)95-75/h9-12,15-20,24-27,42-44,50,63-65,74,98H,6-8,13-14,21-23,28-41,45-49H2,1-5H3,(H,85,101)(H,86,105)(H,87,102)(H,90,103)(H,94,104)(H,97,110)(H,106,107)(H,108,109)(H2,88,93,115)(H2,89,91,116)(H2,92,96,117)/t63-,64?,65-,74?,84-/m1/s1. The Morgan fingerprint density at radius 3 is 1.90 bits per heavy atom. The Hall–Kier alpha value is -13.2. The van der Waals surface area contributed by atoms with E-state index in [1.807, 2.05) is 38.1 Å². The molecule has 41 heteroatoms. The molecule has 0 spiro atoms. The van der Waals surface area contributed by atoms with Crippen LogP contribution in [-0.2, 0) is 112 Å². The minimum Gasteiger partial charge on any atom is -0.481 e. The van der Waals surface area contributed by atoms with Gasteiger partial charge in [-0.25, -0.2) is 37.4 Å². The number of nitrogens with one attached hydrogen (secondary N) is 13. The van der Waals surface area contributed by atoms with E-state index in [0.717, 1.165) is 26.9 Å². The number of carbonyl (C=O) groups excluding carboxylic acids is 12. The summed E-state index contributed by atoms with van der Waals surface area (Å²) < 4.78 is 59.0. The number of nitrogens with zero attached hydrogens (tertiary/aromatic N) is 3. The van der Waals surface area contributed by atoms with Crippen LogP contribution in [0.4, 0.5) is 37.1 Å². The first kappa shape index (κ1) is 95.7. The van der Waals surface area contributed by atoms with Gasteiger partial charge in [0.2, 0.25) is 47.0 Å². The molecule has 2 aromatic heterocycles. The first-order valence-electron chi connectivity index (χ1n) is 41.1. The van der Waals surface area contributed by atoms with Crippen molar-refractivity contribution in [2.75, 3.05) is 106 Å². The van der Waals surface area contributed by atoms with Crippen LogP contribution in [0.15, 0.2) is 113 Å². The molecule has 15 N–H and O–H groups in total. The number of fused-ring (bicyclic) bond motifs is 5. The summed E-state index contributed by atoms with van der Waals surface area (Å²) in [4.78, 5) is 201. The van der Waals surface area contributed by atoms with Gasteiger partial charge in [-0.05, 0) is 122 Å². The summed E-state index contributed by atoms with van der Waals surface area (Å²) in [7, 11) is -4.20. The zero-order chi connectivity index (χ0) is 90.3. The van der Waals surface area contributed by atoms with Crippen molar-refractivity contribution >= 4 is 127 Å². The molecule has 9 rings (SSSR count). The lowest BCUT2D eigenvalue weighted by atomic mass is 9.85. The highest BCUT2D eigenvalue weighted by Gasteiger charge is 2.52. The van der Waals surface area contributed by atoms with Crippen LogP contribution >= 0.6 is 0 Å². The van der Waals surface area contributed by atoms with Gasteiger partial charge in [-0.2, -0.15) is 0 Å². The van der Waals surface area contributed by atoms with E-state index < -0.39 is 142 Å². The predicted octanol–water partition coefficient (Wildman–Crippen LogP) is 4.24. The van der Waals surface area contributed by atoms with Crippen LogP contribution in [0.3, 0.4) is 0 Å². The van der Waals surface area contributed by atoms with E-state index in [9.17, 15) is 90.5 Å². The molecule has 40 nitrogen and oxygen atoms in total. The molecule has 5 atom stereocenters. The Morgan fingerprint density at radius 2 is 1.22 bits per heavy atom. The Balaban J connectivity index is 0.571. The fraction of sp³-hybridized carbons (Fsp3) is 0.452. The van der Waals surface area contributed by atoms with E-state index in [4.69, 9.17) is 28.7 Å². The molecular formula is C84H106N16O24S. The van der Waals surface area contributed by atoms with E-state index in [1.165, 1.54) is 72.8 Å². The van der Waals surface area contributed by atoms with Crippen molar-refractivity contribution < 1.29 is 109 Å². The number of hydrogen-bond acceptors (Lipinski definition) is 23. The number of aryl methyl sites for hydroxylation is 1. The van der Waals surface area contributed by atoms with Gasteiger partial charge in [0.1, 0.15) is 24.7 Å². The average Bonchev–Trinajstić information content (AvgIpc) is 1.58. The molecule has 0 bridgehead atoms. The van der Waals surface area contributed by atoms with Gasteiger partial charge in [0.25, 0.3) is 15.6 Å². The number of rotatable bonds is 47. The number of carboxylic acids is 2. The van der Waals surface area contributed by atoms with Crippen LogP contribution in [0.1, 0.15) is 139 Å². The molecule has 3 aliphatic rings. The SMILES string of the molecule is CCCNC(=O)Nc1cccc(S(=O)(=O)Nc2cccc([C@@H](CC(=O)O)NC(=O)Nc3ccc(NC(=O)NCCNC(=O)CNC(=O)CCNC(=O)CCCC(=O)NCCOCCOCCOCCC(=O)NC(CC(=O)O)C(=O)N4CCC[C@@H]4C(=O)NC(C(=O)O[C@@]4(CC)C(=O)OCc5c4cc4n(c5=O)Cc5c-4nc4ccccc4c5CC)C(C)C)cc3)c2)c1. The maximum Gasteiger partial charge on any atom is 0.355 e. The molecule has 1 fully saturated rings. The second kappa shape index (κ2) is 46.4. The number of cyclic esters (lactones) is 1. The molecule has 0 saturated carbocycles. The summed E-state index contributed by atoms with van der Waals surface area (Å²) in [6.07, 6.45) is 0.173. The number of carbonyl (C=O) groups is 14. The fourth-order valence-electron chi connectivity index (χ4n) is 14.1. The number of aliphatic carboxylic acids is 2. The average molecular weight is 1760 g/mol. The van der Waals surface area contributed by atoms with Crippen molar-refractivity contribution in [3.63, 3.8) is 0 Å². The third-order valence-electron chi connectivity index (χ3n) is 20.4. The molecule has 5 heterocycles. The summed E-state index contributed by atoms with van der Waals surface area (Å²) in [6.45, 7) is 9.42. The molecule has 1 saturated heterocycles. The number of hydrogen-bond donors (Lipinski definition) is 15. The van der Waals surface area contributed by atoms with E-state index >= 15 is 0 Å². The minimum atomic E-state index is -4.20. The van der Waals surface area contributed by atoms with E-state index in [1.54, 1.807) is 31.4 Å². The number of benzene rings is 4. The van der Waals surface area contributed by atoms with E-state index in [0.29, 0.717) is 42.9 Å². The Morgan fingerprint density at radius 1 is 0.600 bits per heavy atom. The van der Waals surface area contributed by atoms with Crippen molar-refractivity contribution in [1.82, 2.24) is 62.3 Å². The minimum absolute atomic E-state index is 0.00160. The lowest BCUT2D eigenvalue weighted by Crippen LogP contribution is -2.57. The van der Waals surface area contributed by atoms with Crippen LogP contribution in [0.25, 0.3) is 22.3 Å². The van der Waals surface area contributed by atoms with Crippen LogP contribution < -0.4 is 74.1 Å². The highest BCUT2D eigenvalue weighted by molar-refractivity contribution is 7.92. The number of ether oxygens (including phenoxy) is 5. The van der Waals surface area contributed by atoms with Crippen LogP contribution in [0, 0.1) is 5.92 Å². The maximum absolute atomic E-state index is 14.4. The van der Waals surface area contributed by atoms with Gasteiger partial charge >= 0.3 is 42.0 Å². The number of likely N-dealkylation sites (tertiary alicyclic amines) is 1. The van der Waals surface area contributed by atoms with Gasteiger partial charge in [0.05, 0.1) is 99.0 Å². The number of pyridine rings is 2.